The molecule has 9 nitrogen and oxygen atoms in total. The first-order valence-corrected chi connectivity index (χ1v) is 8.03. The number of nitrogens with one attached hydrogen (secondary N) is 2. The lowest BCUT2D eigenvalue weighted by Gasteiger charge is -2.08. The first-order chi connectivity index (χ1) is 12.6. The van der Waals surface area contributed by atoms with E-state index in [0.717, 1.165) is 0 Å². The Morgan fingerprint density at radius 3 is 2.62 bits per heavy atom. The topological polar surface area (TPSA) is 111 Å². The Balaban J connectivity index is 1.50. The van der Waals surface area contributed by atoms with Gasteiger partial charge >= 0.3 is 0 Å². The molecular weight excluding hydrogens is 336 g/mol. The minimum absolute atomic E-state index is 0.150. The monoisotopic (exact) mass is 354 g/mol. The zero-order chi connectivity index (χ0) is 18.5. The van der Waals surface area contributed by atoms with E-state index in [0.29, 0.717) is 16.6 Å². The molecule has 0 fully saturated rings. The van der Waals surface area contributed by atoms with Crippen molar-refractivity contribution in [3.8, 4) is 0 Å². The highest BCUT2D eigenvalue weighted by molar-refractivity contribution is 5.94. The number of carbonyl (C=O) groups is 2. The molecule has 0 saturated heterocycles. The van der Waals surface area contributed by atoms with Gasteiger partial charge in [0.15, 0.2) is 5.65 Å². The molecule has 0 bridgehead atoms. The van der Waals surface area contributed by atoms with Gasteiger partial charge in [0, 0.05) is 25.7 Å². The van der Waals surface area contributed by atoms with E-state index in [1.807, 2.05) is 6.07 Å². The highest BCUT2D eigenvalue weighted by atomic mass is 16.2. The normalized spacial score (nSPS) is 10.7. The molecule has 134 valence electrons. The number of nitrogens with zero attached hydrogens (tertiary/aromatic N) is 4. The lowest BCUT2D eigenvalue weighted by atomic mass is 10.2. The summed E-state index contributed by atoms with van der Waals surface area (Å²) >= 11 is 0. The summed E-state index contributed by atoms with van der Waals surface area (Å²) in [5, 5.41) is 9.71. The number of rotatable bonds is 6. The fourth-order valence-corrected chi connectivity index (χ4v) is 2.46. The number of fused-ring (bicyclic) bond motifs is 1. The average molecular weight is 354 g/mol. The standard InChI is InChI=1S/C17H18N6O3/c1-22-15-13(9-21-22)17(26)23(11-20-15)10-14(24)18-7-8-19-16(25)12-5-3-2-4-6-12/h2-6,9,11H,7-8,10H2,1H3,(H,18,24)(H,19,25). The summed E-state index contributed by atoms with van der Waals surface area (Å²) < 4.78 is 2.72. The van der Waals surface area contributed by atoms with E-state index < -0.39 is 0 Å². The van der Waals surface area contributed by atoms with Crippen LogP contribution in [-0.2, 0) is 18.4 Å². The van der Waals surface area contributed by atoms with E-state index in [9.17, 15) is 14.4 Å². The van der Waals surface area contributed by atoms with Crippen LogP contribution in [0, 0.1) is 0 Å². The van der Waals surface area contributed by atoms with Crippen LogP contribution < -0.4 is 16.2 Å². The lowest BCUT2D eigenvalue weighted by molar-refractivity contribution is -0.121. The molecule has 0 spiro atoms. The van der Waals surface area contributed by atoms with Crippen molar-refractivity contribution in [2.75, 3.05) is 13.1 Å². The van der Waals surface area contributed by atoms with E-state index >= 15 is 0 Å². The van der Waals surface area contributed by atoms with Crippen LogP contribution in [0.4, 0.5) is 0 Å². The Kier molecular flexibility index (Phi) is 5.07. The molecule has 1 aromatic carbocycles. The maximum atomic E-state index is 12.3. The first kappa shape index (κ1) is 17.3. The summed E-state index contributed by atoms with van der Waals surface area (Å²) in [5.74, 6) is -0.548. The molecule has 2 aromatic heterocycles. The molecule has 0 saturated carbocycles. The Morgan fingerprint density at radius 1 is 1.12 bits per heavy atom. The molecule has 0 aliphatic rings. The predicted octanol–water partition coefficient (Wildman–Crippen LogP) is -0.324. The summed E-state index contributed by atoms with van der Waals surface area (Å²) in [6.45, 7) is 0.395. The lowest BCUT2D eigenvalue weighted by Crippen LogP contribution is -2.37. The molecule has 0 unspecified atom stereocenters. The van der Waals surface area contributed by atoms with Gasteiger partial charge in [-0.1, -0.05) is 18.2 Å². The average Bonchev–Trinajstić information content (AvgIpc) is 3.03. The van der Waals surface area contributed by atoms with Crippen molar-refractivity contribution in [1.29, 1.82) is 0 Å². The van der Waals surface area contributed by atoms with Crippen LogP contribution >= 0.6 is 0 Å². The Bertz CT molecular complexity index is 993. The van der Waals surface area contributed by atoms with Crippen LogP contribution in [0.1, 0.15) is 10.4 Å². The Labute approximate surface area is 148 Å². The molecule has 26 heavy (non-hydrogen) atoms. The van der Waals surface area contributed by atoms with E-state index in [1.165, 1.54) is 21.8 Å². The zero-order valence-corrected chi connectivity index (χ0v) is 14.2. The molecule has 2 amide bonds. The molecule has 0 aliphatic heterocycles. The summed E-state index contributed by atoms with van der Waals surface area (Å²) in [6.07, 6.45) is 2.75. The number of aryl methyl sites for hydroxylation is 1. The predicted molar refractivity (Wildman–Crippen MR) is 94.6 cm³/mol. The van der Waals surface area contributed by atoms with Crippen molar-refractivity contribution in [3.05, 3.63) is 58.8 Å². The van der Waals surface area contributed by atoms with Crippen molar-refractivity contribution in [2.45, 2.75) is 6.54 Å². The van der Waals surface area contributed by atoms with Crippen molar-refractivity contribution in [1.82, 2.24) is 30.0 Å². The third kappa shape index (κ3) is 3.77. The van der Waals surface area contributed by atoms with Gasteiger partial charge in [-0.2, -0.15) is 5.10 Å². The maximum absolute atomic E-state index is 12.3. The minimum atomic E-state index is -0.342. The molecule has 3 aromatic rings. The van der Waals surface area contributed by atoms with Gasteiger partial charge in [0.2, 0.25) is 5.91 Å². The highest BCUT2D eigenvalue weighted by Gasteiger charge is 2.10. The van der Waals surface area contributed by atoms with Gasteiger partial charge in [0.05, 0.1) is 6.20 Å². The summed E-state index contributed by atoms with van der Waals surface area (Å²) in [7, 11) is 1.69. The summed E-state index contributed by atoms with van der Waals surface area (Å²) in [4.78, 5) is 40.3. The van der Waals surface area contributed by atoms with Crippen molar-refractivity contribution < 1.29 is 9.59 Å². The number of amides is 2. The summed E-state index contributed by atoms with van der Waals surface area (Å²) in [5.41, 5.74) is 0.701. The third-order valence-electron chi connectivity index (χ3n) is 3.80. The SMILES string of the molecule is Cn1ncc2c(=O)n(CC(=O)NCCNC(=O)c3ccccc3)cnc21. The van der Waals surface area contributed by atoms with Crippen LogP contribution in [-0.4, -0.2) is 44.2 Å². The van der Waals surface area contributed by atoms with E-state index in [2.05, 4.69) is 20.7 Å². The zero-order valence-electron chi connectivity index (χ0n) is 14.2. The fourth-order valence-electron chi connectivity index (χ4n) is 2.46. The molecular formula is C17H18N6O3. The quantitative estimate of drug-likeness (QED) is 0.589. The molecule has 2 N–H and O–H groups in total. The number of aromatic nitrogens is 4. The van der Waals surface area contributed by atoms with Gasteiger partial charge in [-0.25, -0.2) is 4.98 Å². The van der Waals surface area contributed by atoms with E-state index in [1.54, 1.807) is 31.3 Å². The smallest absolute Gasteiger partial charge is 0.264 e. The molecule has 9 heteroatoms. The van der Waals surface area contributed by atoms with Crippen molar-refractivity contribution >= 4 is 22.8 Å². The van der Waals surface area contributed by atoms with Crippen molar-refractivity contribution in [3.63, 3.8) is 0 Å². The number of hydrogen-bond acceptors (Lipinski definition) is 5. The minimum Gasteiger partial charge on any atom is -0.353 e. The van der Waals surface area contributed by atoms with Crippen LogP contribution in [0.3, 0.4) is 0 Å². The van der Waals surface area contributed by atoms with E-state index in [4.69, 9.17) is 0 Å². The number of benzene rings is 1. The van der Waals surface area contributed by atoms with Crippen LogP contribution in [0.25, 0.3) is 11.0 Å². The van der Waals surface area contributed by atoms with Gasteiger partial charge in [-0.15, -0.1) is 0 Å². The first-order valence-electron chi connectivity index (χ1n) is 8.03. The second-order valence-corrected chi connectivity index (χ2v) is 5.65. The Hall–Kier alpha value is -3.49. The highest BCUT2D eigenvalue weighted by Crippen LogP contribution is 2.02. The van der Waals surface area contributed by atoms with Crippen LogP contribution in [0.15, 0.2) is 47.7 Å². The number of hydrogen-bond donors (Lipinski definition) is 2. The van der Waals surface area contributed by atoms with Gasteiger partial charge in [0.25, 0.3) is 11.5 Å². The van der Waals surface area contributed by atoms with Gasteiger partial charge in [-0.05, 0) is 12.1 Å². The second-order valence-electron chi connectivity index (χ2n) is 5.65. The third-order valence-corrected chi connectivity index (χ3v) is 3.80. The molecule has 3 rings (SSSR count). The van der Waals surface area contributed by atoms with Gasteiger partial charge in [-0.3, -0.25) is 23.6 Å². The summed E-state index contributed by atoms with van der Waals surface area (Å²) in [6, 6.07) is 8.81. The molecule has 0 aliphatic carbocycles. The van der Waals surface area contributed by atoms with Gasteiger partial charge in [0.1, 0.15) is 18.3 Å². The maximum Gasteiger partial charge on any atom is 0.264 e. The fraction of sp³-hybridized carbons (Fsp3) is 0.235. The molecule has 0 atom stereocenters. The van der Waals surface area contributed by atoms with Gasteiger partial charge < -0.3 is 10.6 Å². The van der Waals surface area contributed by atoms with E-state index in [-0.39, 0.29) is 37.0 Å². The largest absolute Gasteiger partial charge is 0.353 e. The Morgan fingerprint density at radius 2 is 1.85 bits per heavy atom. The van der Waals surface area contributed by atoms with Crippen LogP contribution in [0.5, 0.6) is 0 Å². The van der Waals surface area contributed by atoms with Crippen molar-refractivity contribution in [2.24, 2.45) is 7.05 Å². The van der Waals surface area contributed by atoms with Crippen LogP contribution in [0.2, 0.25) is 0 Å². The number of carbonyl (C=O) groups excluding carboxylic acids is 2. The molecule has 2 heterocycles. The second kappa shape index (κ2) is 7.60. The molecule has 0 radical (unpaired) electrons.